The molecule has 0 fully saturated rings. The summed E-state index contributed by atoms with van der Waals surface area (Å²) in [7, 11) is 0. The first-order chi connectivity index (χ1) is 5.38. The van der Waals surface area contributed by atoms with Gasteiger partial charge in [-0.25, -0.2) is 0 Å². The van der Waals surface area contributed by atoms with Crippen molar-refractivity contribution in [3.8, 4) is 0 Å². The molecule has 0 atom stereocenters. The van der Waals surface area contributed by atoms with Crippen molar-refractivity contribution in [3.63, 3.8) is 0 Å². The lowest BCUT2D eigenvalue weighted by molar-refractivity contribution is 0.519. The van der Waals surface area contributed by atoms with Gasteiger partial charge < -0.3 is 4.42 Å². The SMILES string of the molecule is C=CCc1ccoc1CC=C. The Labute approximate surface area is 67.0 Å². The topological polar surface area (TPSA) is 13.1 Å². The normalized spacial score (nSPS) is 9.45. The average Bonchev–Trinajstić information content (AvgIpc) is 2.39. The molecule has 0 saturated heterocycles. The van der Waals surface area contributed by atoms with Crippen LogP contribution in [0.2, 0.25) is 0 Å². The zero-order chi connectivity index (χ0) is 8.10. The highest BCUT2D eigenvalue weighted by atomic mass is 16.3. The molecule has 0 aliphatic carbocycles. The zero-order valence-electron chi connectivity index (χ0n) is 6.55. The Morgan fingerprint density at radius 2 is 2.00 bits per heavy atom. The van der Waals surface area contributed by atoms with Gasteiger partial charge in [0.25, 0.3) is 0 Å². The van der Waals surface area contributed by atoms with Crippen LogP contribution in [-0.2, 0) is 12.8 Å². The van der Waals surface area contributed by atoms with Crippen molar-refractivity contribution in [2.75, 3.05) is 0 Å². The summed E-state index contributed by atoms with van der Waals surface area (Å²) in [4.78, 5) is 0. The predicted molar refractivity (Wildman–Crippen MR) is 46.5 cm³/mol. The maximum atomic E-state index is 5.24. The monoisotopic (exact) mass is 148 g/mol. The largest absolute Gasteiger partial charge is 0.469 e. The third kappa shape index (κ3) is 1.84. The molecule has 1 rings (SSSR count). The van der Waals surface area contributed by atoms with Gasteiger partial charge in [0, 0.05) is 6.42 Å². The summed E-state index contributed by atoms with van der Waals surface area (Å²) in [5.41, 5.74) is 1.21. The fraction of sp³-hybridized carbons (Fsp3) is 0.200. The van der Waals surface area contributed by atoms with Crippen molar-refractivity contribution < 1.29 is 4.42 Å². The lowest BCUT2D eigenvalue weighted by atomic mass is 10.1. The molecule has 0 bridgehead atoms. The van der Waals surface area contributed by atoms with E-state index in [4.69, 9.17) is 4.42 Å². The number of furan rings is 1. The number of hydrogen-bond donors (Lipinski definition) is 0. The van der Waals surface area contributed by atoms with Crippen molar-refractivity contribution in [2.45, 2.75) is 12.8 Å². The second kappa shape index (κ2) is 3.81. The van der Waals surface area contributed by atoms with Gasteiger partial charge in [0.1, 0.15) is 5.76 Å². The summed E-state index contributed by atoms with van der Waals surface area (Å²) in [6, 6.07) is 1.97. The molecule has 0 amide bonds. The number of hydrogen-bond acceptors (Lipinski definition) is 1. The third-order valence-corrected chi connectivity index (χ3v) is 1.53. The van der Waals surface area contributed by atoms with E-state index in [1.54, 1.807) is 6.26 Å². The molecule has 58 valence electrons. The Kier molecular flexibility index (Phi) is 2.73. The van der Waals surface area contributed by atoms with Gasteiger partial charge in [-0.2, -0.15) is 0 Å². The lowest BCUT2D eigenvalue weighted by Crippen LogP contribution is -1.84. The number of allylic oxidation sites excluding steroid dienone is 2. The molecule has 0 radical (unpaired) electrons. The van der Waals surface area contributed by atoms with Crippen LogP contribution in [0.25, 0.3) is 0 Å². The average molecular weight is 148 g/mol. The minimum atomic E-state index is 0.802. The quantitative estimate of drug-likeness (QED) is 0.598. The van der Waals surface area contributed by atoms with Crippen LogP contribution in [0.15, 0.2) is 42.1 Å². The molecule has 0 unspecified atom stereocenters. The second-order valence-corrected chi connectivity index (χ2v) is 2.35. The Balaban J connectivity index is 2.76. The van der Waals surface area contributed by atoms with E-state index in [1.807, 2.05) is 18.2 Å². The molecule has 11 heavy (non-hydrogen) atoms. The summed E-state index contributed by atoms with van der Waals surface area (Å²) in [6.07, 6.45) is 7.09. The van der Waals surface area contributed by atoms with Crippen molar-refractivity contribution in [1.29, 1.82) is 0 Å². The first kappa shape index (κ1) is 7.86. The zero-order valence-corrected chi connectivity index (χ0v) is 6.55. The maximum absolute atomic E-state index is 5.24. The molecule has 1 aromatic heterocycles. The third-order valence-electron chi connectivity index (χ3n) is 1.53. The first-order valence-electron chi connectivity index (χ1n) is 3.65. The van der Waals surface area contributed by atoms with Crippen molar-refractivity contribution in [3.05, 3.63) is 49.0 Å². The maximum Gasteiger partial charge on any atom is 0.110 e. The van der Waals surface area contributed by atoms with Gasteiger partial charge in [0.2, 0.25) is 0 Å². The van der Waals surface area contributed by atoms with Crippen molar-refractivity contribution in [2.24, 2.45) is 0 Å². The summed E-state index contributed by atoms with van der Waals surface area (Å²) in [6.45, 7) is 7.32. The van der Waals surface area contributed by atoms with Crippen LogP contribution in [-0.4, -0.2) is 0 Å². The Morgan fingerprint density at radius 3 is 2.64 bits per heavy atom. The predicted octanol–water partition coefficient (Wildman–Crippen LogP) is 2.74. The van der Waals surface area contributed by atoms with Gasteiger partial charge in [0.05, 0.1) is 6.26 Å². The van der Waals surface area contributed by atoms with Gasteiger partial charge in [0.15, 0.2) is 0 Å². The molecule has 1 heterocycles. The van der Waals surface area contributed by atoms with Gasteiger partial charge in [-0.05, 0) is 18.1 Å². The molecule has 1 nitrogen and oxygen atoms in total. The van der Waals surface area contributed by atoms with E-state index in [-0.39, 0.29) is 0 Å². The summed E-state index contributed by atoms with van der Waals surface area (Å²) in [5, 5.41) is 0. The van der Waals surface area contributed by atoms with Crippen LogP contribution in [0, 0.1) is 0 Å². The molecular weight excluding hydrogens is 136 g/mol. The molecule has 0 N–H and O–H groups in total. The standard InChI is InChI=1S/C10H12O/c1-3-5-9-7-8-11-10(9)6-4-2/h3-4,7-8H,1-2,5-6H2. The van der Waals surface area contributed by atoms with E-state index in [9.17, 15) is 0 Å². The van der Waals surface area contributed by atoms with E-state index < -0.39 is 0 Å². The smallest absolute Gasteiger partial charge is 0.110 e. The van der Waals surface area contributed by atoms with Crippen LogP contribution in [0.3, 0.4) is 0 Å². The molecule has 0 aliphatic rings. The summed E-state index contributed by atoms with van der Waals surface area (Å²) < 4.78 is 5.24. The fourth-order valence-corrected chi connectivity index (χ4v) is 1.01. The van der Waals surface area contributed by atoms with Gasteiger partial charge >= 0.3 is 0 Å². The fourth-order valence-electron chi connectivity index (χ4n) is 1.01. The molecule has 0 aliphatic heterocycles. The van der Waals surface area contributed by atoms with Gasteiger partial charge in [-0.15, -0.1) is 13.2 Å². The molecule has 1 heteroatoms. The van der Waals surface area contributed by atoms with Crippen molar-refractivity contribution in [1.82, 2.24) is 0 Å². The van der Waals surface area contributed by atoms with Crippen LogP contribution in [0.4, 0.5) is 0 Å². The molecule has 0 aromatic carbocycles. The van der Waals surface area contributed by atoms with Crippen LogP contribution in [0.5, 0.6) is 0 Å². The van der Waals surface area contributed by atoms with Gasteiger partial charge in [-0.1, -0.05) is 12.2 Å². The van der Waals surface area contributed by atoms with Crippen molar-refractivity contribution >= 4 is 0 Å². The minimum absolute atomic E-state index is 0.802. The van der Waals surface area contributed by atoms with Gasteiger partial charge in [-0.3, -0.25) is 0 Å². The highest BCUT2D eigenvalue weighted by Crippen LogP contribution is 2.12. The minimum Gasteiger partial charge on any atom is -0.469 e. The molecular formula is C10H12O. The van der Waals surface area contributed by atoms with E-state index in [1.165, 1.54) is 5.56 Å². The molecule has 0 spiro atoms. The van der Waals surface area contributed by atoms with E-state index in [2.05, 4.69) is 13.2 Å². The highest BCUT2D eigenvalue weighted by molar-refractivity contribution is 5.21. The first-order valence-corrected chi connectivity index (χ1v) is 3.65. The van der Waals surface area contributed by atoms with E-state index in [0.29, 0.717) is 0 Å². The second-order valence-electron chi connectivity index (χ2n) is 2.35. The van der Waals surface area contributed by atoms with Crippen LogP contribution in [0.1, 0.15) is 11.3 Å². The summed E-state index contributed by atoms with van der Waals surface area (Å²) in [5.74, 6) is 1.000. The summed E-state index contributed by atoms with van der Waals surface area (Å²) >= 11 is 0. The molecule has 1 aromatic rings. The van der Waals surface area contributed by atoms with Crippen LogP contribution < -0.4 is 0 Å². The Hall–Kier alpha value is -1.24. The number of rotatable bonds is 4. The Morgan fingerprint density at radius 1 is 1.27 bits per heavy atom. The molecule has 0 saturated carbocycles. The highest BCUT2D eigenvalue weighted by Gasteiger charge is 2.00. The van der Waals surface area contributed by atoms with E-state index in [0.717, 1.165) is 18.6 Å². The van der Waals surface area contributed by atoms with E-state index >= 15 is 0 Å². The Bertz CT molecular complexity index is 221. The van der Waals surface area contributed by atoms with Crippen LogP contribution >= 0.6 is 0 Å². The lowest BCUT2D eigenvalue weighted by Gasteiger charge is -1.93.